The van der Waals surface area contributed by atoms with Gasteiger partial charge in [-0.05, 0) is 30.7 Å². The van der Waals surface area contributed by atoms with Gasteiger partial charge in [0.2, 0.25) is 0 Å². The Morgan fingerprint density at radius 3 is 2.42 bits per heavy atom. The standard InChI is InChI=1S/C18H16O5S/c1-2-22-18(19)23-16-12-17(15-11-7-6-10-14(15)16)24(20,21)13-8-4-3-5-9-13/h3-12,17H,2H2,1H3. The highest BCUT2D eigenvalue weighted by atomic mass is 32.2. The lowest BCUT2D eigenvalue weighted by molar-refractivity contribution is 0.0954. The Balaban J connectivity index is 2.03. The molecule has 24 heavy (non-hydrogen) atoms. The molecule has 0 saturated carbocycles. The Morgan fingerprint density at radius 1 is 1.04 bits per heavy atom. The van der Waals surface area contributed by atoms with E-state index in [2.05, 4.69) is 0 Å². The maximum Gasteiger partial charge on any atom is 0.513 e. The Labute approximate surface area is 140 Å². The molecule has 6 heteroatoms. The summed E-state index contributed by atoms with van der Waals surface area (Å²) in [5, 5.41) is -0.902. The quantitative estimate of drug-likeness (QED) is 0.791. The molecule has 1 unspecified atom stereocenters. The normalized spacial score (nSPS) is 16.2. The topological polar surface area (TPSA) is 69.7 Å². The zero-order chi connectivity index (χ0) is 17.2. The molecular formula is C18H16O5S. The Kier molecular flexibility index (Phi) is 4.40. The first-order chi connectivity index (χ1) is 11.5. The third-order valence-electron chi connectivity index (χ3n) is 3.70. The first-order valence-corrected chi connectivity index (χ1v) is 9.03. The molecule has 0 N–H and O–H groups in total. The van der Waals surface area contributed by atoms with Gasteiger partial charge in [0.05, 0.1) is 11.5 Å². The third kappa shape index (κ3) is 2.92. The predicted molar refractivity (Wildman–Crippen MR) is 88.9 cm³/mol. The molecule has 124 valence electrons. The summed E-state index contributed by atoms with van der Waals surface area (Å²) >= 11 is 0. The van der Waals surface area contributed by atoms with Crippen LogP contribution in [-0.4, -0.2) is 21.2 Å². The SMILES string of the molecule is CCOC(=O)OC1=CC(S(=O)(=O)c2ccccc2)c2ccccc21. The molecule has 0 aliphatic heterocycles. The first-order valence-electron chi connectivity index (χ1n) is 7.48. The molecule has 1 aliphatic rings. The smallest absolute Gasteiger partial charge is 0.434 e. The second-order valence-corrected chi connectivity index (χ2v) is 7.25. The van der Waals surface area contributed by atoms with Crippen LogP contribution >= 0.6 is 0 Å². The van der Waals surface area contributed by atoms with Crippen molar-refractivity contribution >= 4 is 21.8 Å². The third-order valence-corrected chi connectivity index (χ3v) is 5.68. The lowest BCUT2D eigenvalue weighted by atomic mass is 10.1. The Morgan fingerprint density at radius 2 is 1.71 bits per heavy atom. The number of benzene rings is 2. The number of sulfone groups is 1. The number of carbonyl (C=O) groups excluding carboxylic acids is 1. The number of fused-ring (bicyclic) bond motifs is 1. The van der Waals surface area contributed by atoms with E-state index in [9.17, 15) is 13.2 Å². The van der Waals surface area contributed by atoms with Gasteiger partial charge < -0.3 is 9.47 Å². The largest absolute Gasteiger partial charge is 0.513 e. The van der Waals surface area contributed by atoms with E-state index in [0.29, 0.717) is 11.1 Å². The van der Waals surface area contributed by atoms with Gasteiger partial charge in [0.1, 0.15) is 11.0 Å². The molecule has 3 rings (SSSR count). The number of carbonyl (C=O) groups is 1. The van der Waals surface area contributed by atoms with E-state index in [-0.39, 0.29) is 17.3 Å². The van der Waals surface area contributed by atoms with Crippen LogP contribution in [0, 0.1) is 0 Å². The zero-order valence-corrected chi connectivity index (χ0v) is 13.8. The molecule has 0 radical (unpaired) electrons. The molecule has 0 saturated heterocycles. The Bertz CT molecular complexity index is 885. The number of rotatable bonds is 4. The van der Waals surface area contributed by atoms with Crippen LogP contribution in [0.1, 0.15) is 23.3 Å². The van der Waals surface area contributed by atoms with Crippen LogP contribution in [0.15, 0.2) is 65.6 Å². The van der Waals surface area contributed by atoms with Crippen molar-refractivity contribution in [3.05, 3.63) is 71.8 Å². The molecule has 0 bridgehead atoms. The molecular weight excluding hydrogens is 328 g/mol. The average molecular weight is 344 g/mol. The van der Waals surface area contributed by atoms with Gasteiger partial charge in [0.25, 0.3) is 0 Å². The van der Waals surface area contributed by atoms with E-state index in [4.69, 9.17) is 9.47 Å². The van der Waals surface area contributed by atoms with Crippen molar-refractivity contribution in [1.29, 1.82) is 0 Å². The van der Waals surface area contributed by atoms with E-state index in [1.807, 2.05) is 0 Å². The van der Waals surface area contributed by atoms with Crippen molar-refractivity contribution in [2.75, 3.05) is 6.61 Å². The molecule has 2 aromatic rings. The maximum atomic E-state index is 12.9. The van der Waals surface area contributed by atoms with Gasteiger partial charge >= 0.3 is 6.16 Å². The molecule has 0 heterocycles. The molecule has 1 atom stereocenters. The summed E-state index contributed by atoms with van der Waals surface area (Å²) in [5.41, 5.74) is 1.16. The van der Waals surface area contributed by atoms with Crippen LogP contribution in [-0.2, 0) is 19.3 Å². The summed E-state index contributed by atoms with van der Waals surface area (Å²) in [4.78, 5) is 11.8. The van der Waals surface area contributed by atoms with Crippen LogP contribution in [0.5, 0.6) is 0 Å². The van der Waals surface area contributed by atoms with E-state index in [1.54, 1.807) is 61.5 Å². The van der Waals surface area contributed by atoms with Gasteiger partial charge in [-0.1, -0.05) is 42.5 Å². The van der Waals surface area contributed by atoms with Gasteiger partial charge in [-0.2, -0.15) is 0 Å². The number of hydrogen-bond acceptors (Lipinski definition) is 5. The van der Waals surface area contributed by atoms with Gasteiger partial charge in [-0.3, -0.25) is 0 Å². The van der Waals surface area contributed by atoms with Crippen LogP contribution in [0.3, 0.4) is 0 Å². The highest BCUT2D eigenvalue weighted by molar-refractivity contribution is 7.91. The molecule has 0 aromatic heterocycles. The van der Waals surface area contributed by atoms with Crippen molar-refractivity contribution in [3.63, 3.8) is 0 Å². The predicted octanol–water partition coefficient (Wildman–Crippen LogP) is 3.73. The van der Waals surface area contributed by atoms with E-state index < -0.39 is 21.2 Å². The summed E-state index contributed by atoms with van der Waals surface area (Å²) in [6.07, 6.45) is 0.598. The number of ether oxygens (including phenoxy) is 2. The summed E-state index contributed by atoms with van der Waals surface area (Å²) in [6, 6.07) is 15.2. The number of hydrogen-bond donors (Lipinski definition) is 0. The molecule has 2 aromatic carbocycles. The minimum Gasteiger partial charge on any atom is -0.434 e. The molecule has 0 spiro atoms. The van der Waals surface area contributed by atoms with Crippen molar-refractivity contribution in [1.82, 2.24) is 0 Å². The van der Waals surface area contributed by atoms with Crippen molar-refractivity contribution < 1.29 is 22.7 Å². The van der Waals surface area contributed by atoms with Crippen molar-refractivity contribution in [3.8, 4) is 0 Å². The lowest BCUT2D eigenvalue weighted by Crippen LogP contribution is -2.10. The zero-order valence-electron chi connectivity index (χ0n) is 13.0. The lowest BCUT2D eigenvalue weighted by Gasteiger charge is -2.11. The minimum atomic E-state index is -3.64. The fourth-order valence-corrected chi connectivity index (χ4v) is 4.30. The summed E-state index contributed by atoms with van der Waals surface area (Å²) in [5.74, 6) is 0.202. The van der Waals surface area contributed by atoms with Crippen LogP contribution in [0.25, 0.3) is 5.76 Å². The van der Waals surface area contributed by atoms with Crippen LogP contribution in [0.4, 0.5) is 4.79 Å². The molecule has 1 aliphatic carbocycles. The minimum absolute atomic E-state index is 0.180. The second kappa shape index (κ2) is 6.49. The van der Waals surface area contributed by atoms with E-state index >= 15 is 0 Å². The van der Waals surface area contributed by atoms with Crippen LogP contribution < -0.4 is 0 Å². The van der Waals surface area contributed by atoms with E-state index in [0.717, 1.165) is 0 Å². The van der Waals surface area contributed by atoms with Gasteiger partial charge in [-0.15, -0.1) is 0 Å². The highest BCUT2D eigenvalue weighted by Gasteiger charge is 2.35. The monoisotopic (exact) mass is 344 g/mol. The molecule has 0 fully saturated rings. The fourth-order valence-electron chi connectivity index (χ4n) is 2.63. The molecule has 5 nitrogen and oxygen atoms in total. The average Bonchev–Trinajstić information content (AvgIpc) is 2.95. The van der Waals surface area contributed by atoms with Crippen molar-refractivity contribution in [2.24, 2.45) is 0 Å². The fraction of sp³-hybridized carbons (Fsp3) is 0.167. The van der Waals surface area contributed by atoms with Crippen molar-refractivity contribution in [2.45, 2.75) is 17.1 Å². The summed E-state index contributed by atoms with van der Waals surface area (Å²) in [7, 11) is -3.64. The Hall–Kier alpha value is -2.60. The maximum absolute atomic E-state index is 12.9. The summed E-state index contributed by atoms with van der Waals surface area (Å²) < 4.78 is 35.8. The van der Waals surface area contributed by atoms with Gasteiger partial charge in [0, 0.05) is 5.56 Å². The second-order valence-electron chi connectivity index (χ2n) is 5.18. The molecule has 0 amide bonds. The van der Waals surface area contributed by atoms with Gasteiger partial charge in [-0.25, -0.2) is 13.2 Å². The first kappa shape index (κ1) is 16.3. The van der Waals surface area contributed by atoms with Crippen LogP contribution in [0.2, 0.25) is 0 Å². The van der Waals surface area contributed by atoms with Gasteiger partial charge in [0.15, 0.2) is 9.84 Å². The highest BCUT2D eigenvalue weighted by Crippen LogP contribution is 2.42. The summed E-state index contributed by atoms with van der Waals surface area (Å²) in [6.45, 7) is 1.85. The van der Waals surface area contributed by atoms with E-state index in [1.165, 1.54) is 6.08 Å².